The Hall–Kier alpha value is -4.64. The van der Waals surface area contributed by atoms with Crippen LogP contribution in [-0.2, 0) is 30.2 Å². The fourth-order valence-electron chi connectivity index (χ4n) is 5.26. The molecule has 0 bridgehead atoms. The molecule has 0 amide bonds. The molecule has 2 aromatic carbocycles. The number of rotatable bonds is 13. The van der Waals surface area contributed by atoms with E-state index in [4.69, 9.17) is 33.2 Å². The van der Waals surface area contributed by atoms with Crippen LogP contribution in [0.1, 0.15) is 49.7 Å². The van der Waals surface area contributed by atoms with Crippen molar-refractivity contribution in [1.29, 1.82) is 0 Å². The van der Waals surface area contributed by atoms with Crippen molar-refractivity contribution >= 4 is 17.7 Å². The van der Waals surface area contributed by atoms with Crippen molar-refractivity contribution in [2.24, 2.45) is 17.8 Å². The van der Waals surface area contributed by atoms with Crippen LogP contribution in [0.3, 0.4) is 0 Å². The van der Waals surface area contributed by atoms with Crippen molar-refractivity contribution in [3.8, 4) is 23.0 Å². The third-order valence-electron chi connectivity index (χ3n) is 7.85. The summed E-state index contributed by atoms with van der Waals surface area (Å²) >= 11 is 0. The molecule has 3 aromatic rings. The molecule has 1 aliphatic heterocycles. The second-order valence-electron chi connectivity index (χ2n) is 11.6. The van der Waals surface area contributed by atoms with Crippen LogP contribution >= 0.6 is 0 Å². The maximum atomic E-state index is 13.6. The zero-order chi connectivity index (χ0) is 33.8. The average Bonchev–Trinajstić information content (AvgIpc) is 3.08. The minimum atomic E-state index is -0.917. The number of carbonyl (C=O) groups excluding carboxylic acids is 3. The van der Waals surface area contributed by atoms with E-state index in [0.29, 0.717) is 25.2 Å². The Labute approximate surface area is 275 Å². The van der Waals surface area contributed by atoms with Gasteiger partial charge in [0.2, 0.25) is 6.79 Å². The Morgan fingerprint density at radius 3 is 2.40 bits per heavy atom. The first-order valence-corrected chi connectivity index (χ1v) is 15.7. The Morgan fingerprint density at radius 1 is 0.979 bits per heavy atom. The molecule has 4 rings (SSSR count). The van der Waals surface area contributed by atoms with E-state index in [1.54, 1.807) is 21.0 Å². The highest BCUT2D eigenvalue weighted by atomic mass is 16.7. The molecular weight excluding hydrogens is 606 g/mol. The number of nitrogens with zero attached hydrogens (tertiary/aromatic N) is 1. The number of hydrogen-bond acceptors (Lipinski definition) is 11. The normalized spacial score (nSPS) is 20.1. The molecule has 47 heavy (non-hydrogen) atoms. The van der Waals surface area contributed by atoms with Crippen LogP contribution in [0.15, 0.2) is 66.9 Å². The first-order chi connectivity index (χ1) is 22.7. The first-order valence-electron chi connectivity index (χ1n) is 15.7. The zero-order valence-corrected chi connectivity index (χ0v) is 27.5. The molecule has 0 radical (unpaired) electrons. The van der Waals surface area contributed by atoms with Gasteiger partial charge < -0.3 is 33.2 Å². The molecule has 0 spiro atoms. The van der Waals surface area contributed by atoms with Crippen LogP contribution in [0.25, 0.3) is 0 Å². The van der Waals surface area contributed by atoms with Crippen LogP contribution in [0.5, 0.6) is 23.0 Å². The highest BCUT2D eigenvalue weighted by molar-refractivity contribution is 5.99. The number of para-hydroxylation sites is 1. The number of aromatic nitrogens is 1. The van der Waals surface area contributed by atoms with Crippen molar-refractivity contribution in [2.75, 3.05) is 34.2 Å². The lowest BCUT2D eigenvalue weighted by molar-refractivity contribution is -0.163. The second kappa shape index (κ2) is 17.3. The number of pyridine rings is 1. The number of ketones is 1. The molecule has 0 saturated carbocycles. The van der Waals surface area contributed by atoms with Crippen molar-refractivity contribution in [3.63, 3.8) is 0 Å². The monoisotopic (exact) mass is 649 g/mol. The molecule has 0 unspecified atom stereocenters. The summed E-state index contributed by atoms with van der Waals surface area (Å²) in [6.07, 6.45) is 1.27. The van der Waals surface area contributed by atoms with Gasteiger partial charge in [-0.2, -0.15) is 0 Å². The number of ether oxygens (including phenoxy) is 7. The van der Waals surface area contributed by atoms with E-state index in [9.17, 15) is 14.4 Å². The van der Waals surface area contributed by atoms with Gasteiger partial charge in [-0.15, -0.1) is 0 Å². The van der Waals surface area contributed by atoms with Crippen LogP contribution in [0.2, 0.25) is 0 Å². The van der Waals surface area contributed by atoms with Gasteiger partial charge in [0.15, 0.2) is 23.0 Å². The quantitative estimate of drug-likeness (QED) is 0.133. The number of methoxy groups -OCH3 is 2. The lowest BCUT2D eigenvalue weighted by Crippen LogP contribution is -2.43. The first kappa shape index (κ1) is 35.2. The zero-order valence-electron chi connectivity index (χ0n) is 27.5. The molecule has 1 aromatic heterocycles. The fourth-order valence-corrected chi connectivity index (χ4v) is 5.26. The van der Waals surface area contributed by atoms with E-state index < -0.39 is 42.6 Å². The fraction of sp³-hybridized carbons (Fsp3) is 0.444. The summed E-state index contributed by atoms with van der Waals surface area (Å²) in [5.74, 6) is -1.21. The third-order valence-corrected chi connectivity index (χ3v) is 7.85. The van der Waals surface area contributed by atoms with E-state index in [2.05, 4.69) is 4.98 Å². The van der Waals surface area contributed by atoms with E-state index in [1.807, 2.05) is 61.5 Å². The van der Waals surface area contributed by atoms with E-state index in [-0.39, 0.29) is 42.1 Å². The Balaban J connectivity index is 1.52. The molecule has 0 aliphatic carbocycles. The van der Waals surface area contributed by atoms with Crippen LogP contribution < -0.4 is 18.9 Å². The Morgan fingerprint density at radius 2 is 1.72 bits per heavy atom. The summed E-state index contributed by atoms with van der Waals surface area (Å²) in [6, 6.07) is 18.8. The molecule has 11 heteroatoms. The number of Topliss-reactive ketones (excluding diaryl/α,β-unsaturated/α-hetero) is 1. The van der Waals surface area contributed by atoms with Gasteiger partial charge in [-0.25, -0.2) is 4.98 Å². The maximum Gasteiger partial charge on any atom is 0.312 e. The van der Waals surface area contributed by atoms with Gasteiger partial charge in [0, 0.05) is 31.2 Å². The van der Waals surface area contributed by atoms with Crippen molar-refractivity contribution in [1.82, 2.24) is 4.98 Å². The van der Waals surface area contributed by atoms with Gasteiger partial charge in [0.1, 0.15) is 23.7 Å². The molecule has 4 atom stereocenters. The second-order valence-corrected chi connectivity index (χ2v) is 11.6. The minimum Gasteiger partial charge on any atom is -0.497 e. The maximum absolute atomic E-state index is 13.6. The number of hydrogen-bond donors (Lipinski definition) is 0. The van der Waals surface area contributed by atoms with Gasteiger partial charge in [-0.1, -0.05) is 44.2 Å². The lowest BCUT2D eigenvalue weighted by atomic mass is 9.88. The van der Waals surface area contributed by atoms with Gasteiger partial charge in [-0.05, 0) is 49.6 Å². The van der Waals surface area contributed by atoms with E-state index in [0.717, 1.165) is 11.3 Å². The van der Waals surface area contributed by atoms with Crippen LogP contribution in [-0.4, -0.2) is 69.1 Å². The molecule has 252 valence electrons. The number of benzene rings is 2. The van der Waals surface area contributed by atoms with Gasteiger partial charge in [0.25, 0.3) is 0 Å². The summed E-state index contributed by atoms with van der Waals surface area (Å²) < 4.78 is 39.9. The Kier molecular flexibility index (Phi) is 13.0. The molecular formula is C36H43NO10. The predicted molar refractivity (Wildman–Crippen MR) is 172 cm³/mol. The van der Waals surface area contributed by atoms with E-state index in [1.165, 1.54) is 19.4 Å². The van der Waals surface area contributed by atoms with Crippen molar-refractivity contribution in [3.05, 3.63) is 78.1 Å². The molecule has 1 aliphatic rings. The Bertz CT molecular complexity index is 1460. The van der Waals surface area contributed by atoms with Gasteiger partial charge in [0.05, 0.1) is 32.7 Å². The highest BCUT2D eigenvalue weighted by Gasteiger charge is 2.36. The summed E-state index contributed by atoms with van der Waals surface area (Å²) in [6.45, 7) is 5.07. The third kappa shape index (κ3) is 9.92. The standard InChI is InChI=1S/C36H43NO10/c1-23(2)35(39)45-22-44-34-31(42-5)15-17-37-32(34)30(38)20-27-21-43-18-16-26(19-25-11-13-28(41-4)14-12-25)33(24(3)46-36(27)40)47-29-9-7-6-8-10-29/h6-15,17,23-24,26-27,33H,16,18-22H2,1-5H3/t24-,26+,27-,33-/m0/s1. The summed E-state index contributed by atoms with van der Waals surface area (Å²) in [4.78, 5) is 43.3. The molecule has 1 fully saturated rings. The molecule has 0 N–H and O–H groups in total. The minimum absolute atomic E-state index is 0.0109. The predicted octanol–water partition coefficient (Wildman–Crippen LogP) is 5.48. The van der Waals surface area contributed by atoms with Crippen LogP contribution in [0, 0.1) is 17.8 Å². The number of esters is 2. The van der Waals surface area contributed by atoms with Crippen molar-refractivity contribution < 1.29 is 47.5 Å². The average molecular weight is 650 g/mol. The summed E-state index contributed by atoms with van der Waals surface area (Å²) in [5, 5.41) is 0. The number of carbonyl (C=O) groups is 3. The smallest absolute Gasteiger partial charge is 0.312 e. The van der Waals surface area contributed by atoms with Gasteiger partial charge in [-0.3, -0.25) is 14.4 Å². The van der Waals surface area contributed by atoms with Gasteiger partial charge >= 0.3 is 11.9 Å². The largest absolute Gasteiger partial charge is 0.497 e. The van der Waals surface area contributed by atoms with E-state index >= 15 is 0 Å². The topological polar surface area (TPSA) is 129 Å². The SMILES string of the molecule is COc1ccc(C[C@H]2CCOC[C@H](CC(=O)c3nccc(OC)c3OCOC(=O)C(C)C)C(=O)O[C@@H](C)[C@@H]2Oc2ccccc2)cc1. The summed E-state index contributed by atoms with van der Waals surface area (Å²) in [5.41, 5.74) is 1.02. The van der Waals surface area contributed by atoms with Crippen LogP contribution in [0.4, 0.5) is 0 Å². The molecule has 1 saturated heterocycles. The molecule has 2 heterocycles. The highest BCUT2D eigenvalue weighted by Crippen LogP contribution is 2.32. The summed E-state index contributed by atoms with van der Waals surface area (Å²) in [7, 11) is 3.04. The molecule has 11 nitrogen and oxygen atoms in total. The van der Waals surface area contributed by atoms with Crippen molar-refractivity contribution in [2.45, 2.75) is 52.2 Å². The lowest BCUT2D eigenvalue weighted by Gasteiger charge is -2.34. The number of cyclic esters (lactones) is 1.